The summed E-state index contributed by atoms with van der Waals surface area (Å²) in [5.41, 5.74) is 6.21. The summed E-state index contributed by atoms with van der Waals surface area (Å²) in [6, 6.07) is 11.9. The second-order valence-corrected chi connectivity index (χ2v) is 9.12. The van der Waals surface area contributed by atoms with Gasteiger partial charge in [0.1, 0.15) is 12.9 Å². The lowest BCUT2D eigenvalue weighted by Crippen LogP contribution is -2.18. The molecular weight excluding hydrogens is 532 g/mol. The van der Waals surface area contributed by atoms with Crippen molar-refractivity contribution in [2.24, 2.45) is 0 Å². The van der Waals surface area contributed by atoms with Crippen LogP contribution in [0.25, 0.3) is 0 Å². The van der Waals surface area contributed by atoms with E-state index in [2.05, 4.69) is 45.8 Å². The zero-order chi connectivity index (χ0) is 26.8. The van der Waals surface area contributed by atoms with Crippen LogP contribution in [0.5, 0.6) is 0 Å². The molecule has 0 bridgehead atoms. The molecule has 0 atom stereocenters. The van der Waals surface area contributed by atoms with Gasteiger partial charge in [-0.3, -0.25) is 25.2 Å². The molecule has 0 unspecified atom stereocenters. The molecular formula is C21H26N4O10S2. The van der Waals surface area contributed by atoms with Crippen molar-refractivity contribution >= 4 is 51.2 Å². The molecule has 4 N–H and O–H groups in total. The first-order chi connectivity index (χ1) is 17.9. The summed E-state index contributed by atoms with van der Waals surface area (Å²) in [6.45, 7) is 2.87. The van der Waals surface area contributed by atoms with Crippen LogP contribution in [0.4, 0.5) is 17.1 Å². The van der Waals surface area contributed by atoms with Crippen molar-refractivity contribution in [3.63, 3.8) is 0 Å². The van der Waals surface area contributed by atoms with Crippen LogP contribution < -0.4 is 20.9 Å². The second-order valence-electron chi connectivity index (χ2n) is 6.55. The molecule has 37 heavy (non-hydrogen) atoms. The number of anilines is 3. The standard InChI is InChI=1S/C21H26N4O10S2/c1-2-30-11-12-31-33-35-34-32-13-14-36-15-21(27)23-17-7-9-20(10-8-17)37(28,29)25-19-5-3-18(4-6-19)24-22-16-26/h3-10,13-14,16,24-25H,2,11-12,15H2,1H3,(H,22,26)(H,23,27)/b14-13+. The number of nitrogens with one attached hydrogen (secondary N) is 4. The van der Waals surface area contributed by atoms with E-state index >= 15 is 0 Å². The minimum Gasteiger partial charge on any atom is -0.379 e. The highest BCUT2D eigenvalue weighted by atomic mass is 32.2. The molecule has 2 aromatic carbocycles. The van der Waals surface area contributed by atoms with E-state index in [0.29, 0.717) is 36.7 Å². The molecule has 0 radical (unpaired) electrons. The molecule has 0 aliphatic rings. The lowest BCUT2D eigenvalue weighted by atomic mass is 10.3. The van der Waals surface area contributed by atoms with Crippen LogP contribution in [0.15, 0.2) is 65.1 Å². The fourth-order valence-corrected chi connectivity index (χ4v) is 3.89. The van der Waals surface area contributed by atoms with Crippen molar-refractivity contribution in [1.82, 2.24) is 5.43 Å². The molecule has 202 valence electrons. The van der Waals surface area contributed by atoms with Crippen molar-refractivity contribution in [3.05, 3.63) is 60.2 Å². The van der Waals surface area contributed by atoms with E-state index in [9.17, 15) is 18.0 Å². The number of rotatable bonds is 19. The van der Waals surface area contributed by atoms with Gasteiger partial charge < -0.3 is 14.9 Å². The summed E-state index contributed by atoms with van der Waals surface area (Å²) in [5, 5.41) is 16.5. The minimum absolute atomic E-state index is 0.00988. The van der Waals surface area contributed by atoms with Gasteiger partial charge in [-0.05, 0) is 60.5 Å². The number of benzene rings is 2. The number of ether oxygens (including phenoxy) is 1. The predicted octanol–water partition coefficient (Wildman–Crippen LogP) is 2.48. The highest BCUT2D eigenvalue weighted by Gasteiger charge is 2.14. The van der Waals surface area contributed by atoms with Crippen molar-refractivity contribution in [2.75, 3.05) is 41.0 Å². The number of amides is 2. The highest BCUT2D eigenvalue weighted by Crippen LogP contribution is 2.20. The Bertz CT molecular complexity index is 1080. The van der Waals surface area contributed by atoms with E-state index in [-0.39, 0.29) is 23.2 Å². The number of hydrogen-bond donors (Lipinski definition) is 4. The van der Waals surface area contributed by atoms with Gasteiger partial charge in [-0.15, -0.1) is 11.8 Å². The molecule has 0 heterocycles. The van der Waals surface area contributed by atoms with Crippen LogP contribution in [-0.2, 0) is 49.2 Å². The molecule has 2 aromatic rings. The first-order valence-corrected chi connectivity index (χ1v) is 13.1. The van der Waals surface area contributed by atoms with Gasteiger partial charge in [0.25, 0.3) is 10.0 Å². The van der Waals surface area contributed by atoms with Crippen LogP contribution in [0, 0.1) is 0 Å². The molecule has 0 aliphatic heterocycles. The molecule has 0 spiro atoms. The van der Waals surface area contributed by atoms with Gasteiger partial charge in [0.05, 0.1) is 22.9 Å². The lowest BCUT2D eigenvalue weighted by Gasteiger charge is -2.10. The van der Waals surface area contributed by atoms with Gasteiger partial charge in [-0.2, -0.15) is 0 Å². The molecule has 2 rings (SSSR count). The van der Waals surface area contributed by atoms with E-state index in [1.165, 1.54) is 41.8 Å². The molecule has 0 saturated heterocycles. The van der Waals surface area contributed by atoms with Gasteiger partial charge in [0.15, 0.2) is 0 Å². The van der Waals surface area contributed by atoms with Gasteiger partial charge in [-0.25, -0.2) is 13.3 Å². The normalized spacial score (nSPS) is 11.2. The SMILES string of the molecule is CCOCCOOOOO/C=C/SCC(=O)Nc1ccc(S(=O)(=O)Nc2ccc(NNC=O)cc2)cc1. The number of hydrazine groups is 1. The van der Waals surface area contributed by atoms with Crippen LogP contribution in [0.2, 0.25) is 0 Å². The third kappa shape index (κ3) is 12.4. The van der Waals surface area contributed by atoms with Crippen LogP contribution >= 0.6 is 11.8 Å². The van der Waals surface area contributed by atoms with Crippen molar-refractivity contribution in [1.29, 1.82) is 0 Å². The summed E-state index contributed by atoms with van der Waals surface area (Å²) in [5.74, 6) is -0.281. The Morgan fingerprint density at radius 2 is 1.65 bits per heavy atom. The summed E-state index contributed by atoms with van der Waals surface area (Å²) in [7, 11) is -3.85. The third-order valence-electron chi connectivity index (χ3n) is 3.94. The van der Waals surface area contributed by atoms with Crippen LogP contribution in [0.3, 0.4) is 0 Å². The van der Waals surface area contributed by atoms with Gasteiger partial charge in [0, 0.05) is 33.5 Å². The Morgan fingerprint density at radius 1 is 0.946 bits per heavy atom. The zero-order valence-electron chi connectivity index (χ0n) is 19.6. The maximum Gasteiger partial charge on any atom is 0.261 e. The van der Waals surface area contributed by atoms with Gasteiger partial charge >= 0.3 is 0 Å². The smallest absolute Gasteiger partial charge is 0.261 e. The van der Waals surface area contributed by atoms with E-state index < -0.39 is 10.0 Å². The summed E-state index contributed by atoms with van der Waals surface area (Å²) >= 11 is 1.10. The molecule has 2 amide bonds. The second kappa shape index (κ2) is 17.1. The van der Waals surface area contributed by atoms with Crippen molar-refractivity contribution < 1.29 is 47.6 Å². The maximum atomic E-state index is 12.6. The number of hydrogen-bond acceptors (Lipinski definition) is 12. The Kier molecular flexibility index (Phi) is 13.8. The van der Waals surface area contributed by atoms with E-state index in [1.54, 1.807) is 12.1 Å². The quantitative estimate of drug-likeness (QED) is 0.0654. The van der Waals surface area contributed by atoms with Gasteiger partial charge in [0.2, 0.25) is 12.3 Å². The maximum absolute atomic E-state index is 12.6. The summed E-state index contributed by atoms with van der Waals surface area (Å²) < 4.78 is 32.6. The summed E-state index contributed by atoms with van der Waals surface area (Å²) in [4.78, 5) is 31.4. The Morgan fingerprint density at radius 3 is 2.35 bits per heavy atom. The van der Waals surface area contributed by atoms with Crippen LogP contribution in [-0.4, -0.2) is 46.3 Å². The lowest BCUT2D eigenvalue weighted by molar-refractivity contribution is -0.700. The van der Waals surface area contributed by atoms with Crippen molar-refractivity contribution in [2.45, 2.75) is 11.8 Å². The molecule has 0 saturated carbocycles. The van der Waals surface area contributed by atoms with E-state index in [1.807, 2.05) is 6.92 Å². The largest absolute Gasteiger partial charge is 0.379 e. The van der Waals surface area contributed by atoms with Crippen molar-refractivity contribution in [3.8, 4) is 0 Å². The number of carbonyl (C=O) groups is 2. The third-order valence-corrected chi connectivity index (χ3v) is 6.07. The van der Waals surface area contributed by atoms with E-state index in [4.69, 9.17) is 4.74 Å². The Hall–Kier alpha value is -3.38. The predicted molar refractivity (Wildman–Crippen MR) is 134 cm³/mol. The Balaban J connectivity index is 1.68. The molecule has 0 aromatic heterocycles. The highest BCUT2D eigenvalue weighted by molar-refractivity contribution is 8.02. The first kappa shape index (κ1) is 29.8. The Labute approximate surface area is 217 Å². The molecule has 16 heteroatoms. The number of sulfonamides is 1. The van der Waals surface area contributed by atoms with Gasteiger partial charge in [-0.1, -0.05) is 0 Å². The molecule has 0 aliphatic carbocycles. The zero-order valence-corrected chi connectivity index (χ0v) is 21.2. The molecule has 0 fully saturated rings. The van der Waals surface area contributed by atoms with Crippen LogP contribution in [0.1, 0.15) is 6.92 Å². The monoisotopic (exact) mass is 558 g/mol. The fraction of sp³-hybridized carbons (Fsp3) is 0.238. The average Bonchev–Trinajstić information content (AvgIpc) is 2.89. The number of carbonyl (C=O) groups excluding carboxylic acids is 2. The first-order valence-electron chi connectivity index (χ1n) is 10.5. The fourth-order valence-electron chi connectivity index (χ4n) is 2.39. The molecule has 14 nitrogen and oxygen atoms in total. The minimum atomic E-state index is -3.85. The number of thioether (sulfide) groups is 1. The average molecular weight is 559 g/mol. The summed E-state index contributed by atoms with van der Waals surface area (Å²) in [6.07, 6.45) is 1.59. The topological polar surface area (TPSA) is 172 Å². The van der Waals surface area contributed by atoms with E-state index in [0.717, 1.165) is 18.0 Å².